The Morgan fingerprint density at radius 1 is 1.30 bits per heavy atom. The first-order valence-corrected chi connectivity index (χ1v) is 7.31. The third-order valence-electron chi connectivity index (χ3n) is 4.15. The van der Waals surface area contributed by atoms with Crippen LogP contribution in [0.1, 0.15) is 25.3 Å². The van der Waals surface area contributed by atoms with Crippen LogP contribution in [0.3, 0.4) is 0 Å². The average molecular weight is 270 g/mol. The Morgan fingerprint density at radius 3 is 2.75 bits per heavy atom. The van der Waals surface area contributed by atoms with Crippen molar-refractivity contribution in [1.82, 2.24) is 14.7 Å². The fourth-order valence-corrected chi connectivity index (χ4v) is 2.90. The molecule has 1 saturated heterocycles. The molecule has 2 unspecified atom stereocenters. The van der Waals surface area contributed by atoms with Crippen molar-refractivity contribution in [1.29, 1.82) is 0 Å². The summed E-state index contributed by atoms with van der Waals surface area (Å²) in [5, 5.41) is 4.24. The Kier molecular flexibility index (Phi) is 3.85. The molecule has 0 amide bonds. The number of aromatic nitrogens is 2. The first kappa shape index (κ1) is 13.3. The van der Waals surface area contributed by atoms with Crippen LogP contribution in [0.2, 0.25) is 0 Å². The van der Waals surface area contributed by atoms with Crippen LogP contribution >= 0.6 is 0 Å². The van der Waals surface area contributed by atoms with Crippen LogP contribution in [0.15, 0.2) is 42.7 Å². The van der Waals surface area contributed by atoms with E-state index in [9.17, 15) is 0 Å². The van der Waals surface area contributed by atoms with E-state index in [-0.39, 0.29) is 0 Å². The van der Waals surface area contributed by atoms with Crippen LogP contribution in [-0.2, 0) is 6.54 Å². The molecule has 2 N–H and O–H groups in total. The molecule has 1 aromatic carbocycles. The summed E-state index contributed by atoms with van der Waals surface area (Å²) in [5.74, 6) is 0. The monoisotopic (exact) mass is 270 g/mol. The number of nitrogens with two attached hydrogens (primary N) is 1. The number of likely N-dealkylation sites (tertiary alicyclic amines) is 1. The van der Waals surface area contributed by atoms with Crippen molar-refractivity contribution in [2.24, 2.45) is 5.73 Å². The van der Waals surface area contributed by atoms with Gasteiger partial charge in [-0.1, -0.05) is 12.1 Å². The van der Waals surface area contributed by atoms with E-state index in [4.69, 9.17) is 5.73 Å². The molecule has 20 heavy (non-hydrogen) atoms. The molecule has 2 atom stereocenters. The van der Waals surface area contributed by atoms with Gasteiger partial charge in [0.1, 0.15) is 0 Å². The molecule has 2 aromatic rings. The number of piperidine rings is 1. The Bertz CT molecular complexity index is 532. The third-order valence-corrected chi connectivity index (χ3v) is 4.15. The summed E-state index contributed by atoms with van der Waals surface area (Å²) in [5.41, 5.74) is 8.47. The number of benzene rings is 1. The quantitative estimate of drug-likeness (QED) is 0.930. The largest absolute Gasteiger partial charge is 0.328 e. The first-order chi connectivity index (χ1) is 9.72. The second kappa shape index (κ2) is 5.77. The maximum Gasteiger partial charge on any atom is 0.0645 e. The van der Waals surface area contributed by atoms with Gasteiger partial charge in [-0.15, -0.1) is 0 Å². The summed E-state index contributed by atoms with van der Waals surface area (Å²) >= 11 is 0. The van der Waals surface area contributed by atoms with Crippen LogP contribution in [-0.4, -0.2) is 33.3 Å². The van der Waals surface area contributed by atoms with Crippen LogP contribution in [0, 0.1) is 0 Å². The molecule has 3 rings (SSSR count). The van der Waals surface area contributed by atoms with Gasteiger partial charge in [-0.2, -0.15) is 5.10 Å². The molecule has 1 aliphatic heterocycles. The number of hydrogen-bond donors (Lipinski definition) is 1. The van der Waals surface area contributed by atoms with E-state index in [1.165, 1.54) is 5.56 Å². The van der Waals surface area contributed by atoms with Crippen LogP contribution < -0.4 is 5.73 Å². The molecule has 106 valence electrons. The van der Waals surface area contributed by atoms with Gasteiger partial charge in [0, 0.05) is 37.6 Å². The Hall–Kier alpha value is -1.65. The highest BCUT2D eigenvalue weighted by Gasteiger charge is 2.22. The molecule has 1 fully saturated rings. The lowest BCUT2D eigenvalue weighted by atomic mass is 9.98. The minimum atomic E-state index is 0.378. The zero-order valence-corrected chi connectivity index (χ0v) is 11.9. The van der Waals surface area contributed by atoms with Gasteiger partial charge in [-0.3, -0.25) is 4.90 Å². The van der Waals surface area contributed by atoms with Crippen molar-refractivity contribution in [3.8, 4) is 5.69 Å². The van der Waals surface area contributed by atoms with E-state index in [1.807, 2.05) is 16.9 Å². The SMILES string of the molecule is CC1CC(N)CCN1Cc1ccc(-n2cccn2)cc1. The van der Waals surface area contributed by atoms with Gasteiger partial charge in [0.25, 0.3) is 0 Å². The minimum absolute atomic E-state index is 0.378. The predicted molar refractivity (Wildman–Crippen MR) is 80.6 cm³/mol. The van der Waals surface area contributed by atoms with E-state index in [2.05, 4.69) is 41.2 Å². The molecule has 0 aliphatic carbocycles. The zero-order chi connectivity index (χ0) is 13.9. The summed E-state index contributed by atoms with van der Waals surface area (Å²) in [6.45, 7) is 4.38. The Balaban J connectivity index is 1.66. The standard InChI is InChI=1S/C16H22N4/c1-13-11-15(17)7-10-19(13)12-14-3-5-16(6-4-14)20-9-2-8-18-20/h2-6,8-9,13,15H,7,10-12,17H2,1H3. The number of hydrogen-bond acceptors (Lipinski definition) is 3. The number of nitrogens with zero attached hydrogens (tertiary/aromatic N) is 3. The van der Waals surface area contributed by atoms with Gasteiger partial charge in [-0.25, -0.2) is 4.68 Å². The van der Waals surface area contributed by atoms with E-state index < -0.39 is 0 Å². The maximum atomic E-state index is 6.02. The molecule has 0 bridgehead atoms. The molecule has 1 aromatic heterocycles. The lowest BCUT2D eigenvalue weighted by Gasteiger charge is -2.36. The summed E-state index contributed by atoms with van der Waals surface area (Å²) in [7, 11) is 0. The highest BCUT2D eigenvalue weighted by molar-refractivity contribution is 5.33. The zero-order valence-electron chi connectivity index (χ0n) is 11.9. The normalized spacial score (nSPS) is 23.9. The predicted octanol–water partition coefficient (Wildman–Crippen LogP) is 2.18. The van der Waals surface area contributed by atoms with Crippen LogP contribution in [0.4, 0.5) is 0 Å². The Morgan fingerprint density at radius 2 is 2.10 bits per heavy atom. The molecule has 1 aliphatic rings. The van der Waals surface area contributed by atoms with E-state index >= 15 is 0 Å². The van der Waals surface area contributed by atoms with Crippen molar-refractivity contribution < 1.29 is 0 Å². The molecule has 4 nitrogen and oxygen atoms in total. The third kappa shape index (κ3) is 2.92. The van der Waals surface area contributed by atoms with E-state index in [0.29, 0.717) is 12.1 Å². The molecule has 0 saturated carbocycles. The molecule has 4 heteroatoms. The van der Waals surface area contributed by atoms with Crippen molar-refractivity contribution in [2.75, 3.05) is 6.54 Å². The summed E-state index contributed by atoms with van der Waals surface area (Å²) < 4.78 is 1.88. The summed E-state index contributed by atoms with van der Waals surface area (Å²) in [4.78, 5) is 2.52. The average Bonchev–Trinajstić information content (AvgIpc) is 2.97. The van der Waals surface area contributed by atoms with Gasteiger partial charge >= 0.3 is 0 Å². The van der Waals surface area contributed by atoms with Gasteiger partial charge < -0.3 is 5.73 Å². The molecular weight excluding hydrogens is 248 g/mol. The molecule has 0 spiro atoms. The Labute approximate surface area is 120 Å². The highest BCUT2D eigenvalue weighted by Crippen LogP contribution is 2.19. The van der Waals surface area contributed by atoms with E-state index in [0.717, 1.165) is 31.6 Å². The molecule has 2 heterocycles. The summed E-state index contributed by atoms with van der Waals surface area (Å²) in [6, 6.07) is 11.5. The lowest BCUT2D eigenvalue weighted by Crippen LogP contribution is -2.44. The van der Waals surface area contributed by atoms with Crippen LogP contribution in [0.5, 0.6) is 0 Å². The minimum Gasteiger partial charge on any atom is -0.328 e. The smallest absolute Gasteiger partial charge is 0.0645 e. The van der Waals surface area contributed by atoms with Crippen molar-refractivity contribution in [3.05, 3.63) is 48.3 Å². The van der Waals surface area contributed by atoms with Gasteiger partial charge in [0.15, 0.2) is 0 Å². The molecular formula is C16H22N4. The number of rotatable bonds is 3. The highest BCUT2D eigenvalue weighted by atomic mass is 15.3. The van der Waals surface area contributed by atoms with Crippen molar-refractivity contribution >= 4 is 0 Å². The second-order valence-corrected chi connectivity index (χ2v) is 5.72. The van der Waals surface area contributed by atoms with Gasteiger partial charge in [0.2, 0.25) is 0 Å². The van der Waals surface area contributed by atoms with Gasteiger partial charge in [-0.05, 0) is 43.5 Å². The second-order valence-electron chi connectivity index (χ2n) is 5.72. The maximum absolute atomic E-state index is 6.02. The topological polar surface area (TPSA) is 47.1 Å². The fourth-order valence-electron chi connectivity index (χ4n) is 2.90. The lowest BCUT2D eigenvalue weighted by molar-refractivity contribution is 0.140. The summed E-state index contributed by atoms with van der Waals surface area (Å²) in [6.07, 6.45) is 5.97. The van der Waals surface area contributed by atoms with Gasteiger partial charge in [0.05, 0.1) is 5.69 Å². The van der Waals surface area contributed by atoms with E-state index in [1.54, 1.807) is 6.20 Å². The van der Waals surface area contributed by atoms with Crippen molar-refractivity contribution in [3.63, 3.8) is 0 Å². The van der Waals surface area contributed by atoms with Crippen molar-refractivity contribution in [2.45, 2.75) is 38.4 Å². The fraction of sp³-hybridized carbons (Fsp3) is 0.438. The van der Waals surface area contributed by atoms with Crippen LogP contribution in [0.25, 0.3) is 5.69 Å². The first-order valence-electron chi connectivity index (χ1n) is 7.31. The molecule has 0 radical (unpaired) electrons.